The molecule has 3 aromatic rings. The second kappa shape index (κ2) is 7.49. The summed E-state index contributed by atoms with van der Waals surface area (Å²) in [7, 11) is 0. The van der Waals surface area contributed by atoms with Gasteiger partial charge in [-0.2, -0.15) is 0 Å². The quantitative estimate of drug-likeness (QED) is 0.716. The van der Waals surface area contributed by atoms with Gasteiger partial charge in [-0.3, -0.25) is 9.78 Å². The molecule has 0 radical (unpaired) electrons. The van der Waals surface area contributed by atoms with E-state index in [0.717, 1.165) is 11.4 Å². The van der Waals surface area contributed by atoms with Gasteiger partial charge in [0.2, 0.25) is 0 Å². The zero-order valence-electron chi connectivity index (χ0n) is 14.6. The summed E-state index contributed by atoms with van der Waals surface area (Å²) in [4.78, 5) is 20.4. The zero-order chi connectivity index (χ0) is 18.6. The van der Waals surface area contributed by atoms with Gasteiger partial charge in [0, 0.05) is 44.1 Å². The molecule has 1 aliphatic heterocycles. The van der Waals surface area contributed by atoms with E-state index in [4.69, 9.17) is 0 Å². The molecule has 0 spiro atoms. The molecule has 1 aromatic carbocycles. The van der Waals surface area contributed by atoms with Gasteiger partial charge in [0.25, 0.3) is 5.91 Å². The van der Waals surface area contributed by atoms with E-state index in [1.807, 2.05) is 17.0 Å². The minimum absolute atomic E-state index is 0.000455. The van der Waals surface area contributed by atoms with Crippen LogP contribution in [0.1, 0.15) is 10.4 Å². The van der Waals surface area contributed by atoms with Crippen molar-refractivity contribution in [1.82, 2.24) is 20.1 Å². The molecular formula is C20H18FN5O. The third-order valence-electron chi connectivity index (χ3n) is 4.59. The number of amides is 1. The molecule has 0 aliphatic carbocycles. The number of nitrogens with zero attached hydrogens (tertiary/aromatic N) is 5. The Morgan fingerprint density at radius 2 is 1.70 bits per heavy atom. The van der Waals surface area contributed by atoms with E-state index in [1.54, 1.807) is 36.7 Å². The first-order chi connectivity index (χ1) is 13.2. The highest BCUT2D eigenvalue weighted by molar-refractivity contribution is 5.94. The van der Waals surface area contributed by atoms with Crippen LogP contribution in [0.15, 0.2) is 60.9 Å². The van der Waals surface area contributed by atoms with Crippen molar-refractivity contribution in [3.05, 3.63) is 72.3 Å². The van der Waals surface area contributed by atoms with Crippen molar-refractivity contribution >= 4 is 11.7 Å². The van der Waals surface area contributed by atoms with E-state index in [9.17, 15) is 9.18 Å². The van der Waals surface area contributed by atoms with Crippen molar-refractivity contribution in [3.8, 4) is 11.3 Å². The minimum atomic E-state index is -0.276. The lowest BCUT2D eigenvalue weighted by molar-refractivity contribution is 0.0746. The second-order valence-electron chi connectivity index (χ2n) is 6.30. The first-order valence-electron chi connectivity index (χ1n) is 8.74. The van der Waals surface area contributed by atoms with Crippen LogP contribution in [0.3, 0.4) is 0 Å². The third-order valence-corrected chi connectivity index (χ3v) is 4.59. The number of aromatic nitrogens is 3. The Balaban J connectivity index is 1.39. The van der Waals surface area contributed by atoms with Gasteiger partial charge in [-0.15, -0.1) is 10.2 Å². The van der Waals surface area contributed by atoms with Crippen molar-refractivity contribution in [3.63, 3.8) is 0 Å². The zero-order valence-corrected chi connectivity index (χ0v) is 14.6. The summed E-state index contributed by atoms with van der Waals surface area (Å²) in [6, 6.07) is 13.5. The van der Waals surface area contributed by atoms with Gasteiger partial charge in [0.1, 0.15) is 5.82 Å². The Hall–Kier alpha value is -3.35. The molecule has 0 unspecified atom stereocenters. The summed E-state index contributed by atoms with van der Waals surface area (Å²) < 4.78 is 13.0. The molecule has 1 aliphatic rings. The van der Waals surface area contributed by atoms with Gasteiger partial charge < -0.3 is 9.80 Å². The van der Waals surface area contributed by atoms with Gasteiger partial charge in [0.15, 0.2) is 5.82 Å². The number of rotatable bonds is 3. The van der Waals surface area contributed by atoms with Crippen molar-refractivity contribution in [2.75, 3.05) is 31.1 Å². The van der Waals surface area contributed by atoms with E-state index >= 15 is 0 Å². The summed E-state index contributed by atoms with van der Waals surface area (Å²) in [6.45, 7) is 2.62. The number of anilines is 1. The molecule has 0 saturated carbocycles. The average Bonchev–Trinajstić information content (AvgIpc) is 2.75. The van der Waals surface area contributed by atoms with Crippen molar-refractivity contribution in [1.29, 1.82) is 0 Å². The predicted octanol–water partition coefficient (Wildman–Crippen LogP) is 2.64. The summed E-state index contributed by atoms with van der Waals surface area (Å²) in [6.07, 6.45) is 3.25. The highest BCUT2D eigenvalue weighted by Gasteiger charge is 2.23. The first kappa shape index (κ1) is 17.1. The first-order valence-corrected chi connectivity index (χ1v) is 8.74. The van der Waals surface area contributed by atoms with Crippen LogP contribution in [0.2, 0.25) is 0 Å². The van der Waals surface area contributed by atoms with Gasteiger partial charge >= 0.3 is 0 Å². The molecule has 1 fully saturated rings. The lowest BCUT2D eigenvalue weighted by Crippen LogP contribution is -2.49. The molecule has 4 rings (SSSR count). The second-order valence-corrected chi connectivity index (χ2v) is 6.30. The maximum absolute atomic E-state index is 13.0. The third kappa shape index (κ3) is 3.76. The number of carbonyl (C=O) groups excluding carboxylic acids is 1. The molecule has 3 heterocycles. The Morgan fingerprint density at radius 1 is 0.926 bits per heavy atom. The van der Waals surface area contributed by atoms with E-state index in [1.165, 1.54) is 12.1 Å². The van der Waals surface area contributed by atoms with Crippen LogP contribution in [-0.2, 0) is 0 Å². The van der Waals surface area contributed by atoms with Crippen LogP contribution in [0, 0.1) is 5.82 Å². The SMILES string of the molecule is O=C(c1cccnc1)N1CCN(c2ccc(-c3ccc(F)cc3)nn2)CC1. The van der Waals surface area contributed by atoms with Crippen LogP contribution in [-0.4, -0.2) is 52.2 Å². The van der Waals surface area contributed by atoms with E-state index in [0.29, 0.717) is 37.4 Å². The van der Waals surface area contributed by atoms with Crippen LogP contribution in [0.5, 0.6) is 0 Å². The van der Waals surface area contributed by atoms with Crippen LogP contribution in [0.25, 0.3) is 11.3 Å². The summed E-state index contributed by atoms with van der Waals surface area (Å²) >= 11 is 0. The minimum Gasteiger partial charge on any atom is -0.352 e. The molecule has 7 heteroatoms. The number of pyridine rings is 1. The van der Waals surface area contributed by atoms with E-state index in [-0.39, 0.29) is 11.7 Å². The van der Waals surface area contributed by atoms with Gasteiger partial charge in [-0.25, -0.2) is 4.39 Å². The highest BCUT2D eigenvalue weighted by Crippen LogP contribution is 2.20. The average molecular weight is 363 g/mol. The fourth-order valence-corrected chi connectivity index (χ4v) is 3.08. The molecule has 0 N–H and O–H groups in total. The lowest BCUT2D eigenvalue weighted by Gasteiger charge is -2.35. The molecule has 2 aromatic heterocycles. The Labute approximate surface area is 156 Å². The molecule has 27 heavy (non-hydrogen) atoms. The van der Waals surface area contributed by atoms with Crippen LogP contribution < -0.4 is 4.90 Å². The molecule has 6 nitrogen and oxygen atoms in total. The van der Waals surface area contributed by atoms with Gasteiger partial charge in [0.05, 0.1) is 11.3 Å². The number of benzene rings is 1. The summed E-state index contributed by atoms with van der Waals surface area (Å²) in [5.74, 6) is 0.497. The monoisotopic (exact) mass is 363 g/mol. The smallest absolute Gasteiger partial charge is 0.255 e. The number of hydrogen-bond acceptors (Lipinski definition) is 5. The molecular weight excluding hydrogens is 345 g/mol. The summed E-state index contributed by atoms with van der Waals surface area (Å²) in [5, 5.41) is 8.55. The number of carbonyl (C=O) groups is 1. The molecule has 1 saturated heterocycles. The number of piperazine rings is 1. The summed E-state index contributed by atoms with van der Waals surface area (Å²) in [5.41, 5.74) is 2.13. The van der Waals surface area contributed by atoms with Crippen molar-refractivity contribution in [2.24, 2.45) is 0 Å². The van der Waals surface area contributed by atoms with Gasteiger partial charge in [-0.05, 0) is 48.5 Å². The maximum atomic E-state index is 13.0. The van der Waals surface area contributed by atoms with Crippen LogP contribution in [0.4, 0.5) is 10.2 Å². The Bertz CT molecular complexity index is 907. The van der Waals surface area contributed by atoms with Crippen LogP contribution >= 0.6 is 0 Å². The number of halogens is 1. The van der Waals surface area contributed by atoms with E-state index < -0.39 is 0 Å². The maximum Gasteiger partial charge on any atom is 0.255 e. The van der Waals surface area contributed by atoms with Crippen molar-refractivity contribution < 1.29 is 9.18 Å². The molecule has 0 bridgehead atoms. The fourth-order valence-electron chi connectivity index (χ4n) is 3.08. The predicted molar refractivity (Wildman–Crippen MR) is 99.8 cm³/mol. The molecule has 136 valence electrons. The normalized spacial score (nSPS) is 14.3. The Morgan fingerprint density at radius 3 is 2.33 bits per heavy atom. The Kier molecular flexibility index (Phi) is 4.74. The molecule has 1 amide bonds. The van der Waals surface area contributed by atoms with Gasteiger partial charge in [-0.1, -0.05) is 0 Å². The van der Waals surface area contributed by atoms with Crippen molar-refractivity contribution in [2.45, 2.75) is 0 Å². The standard InChI is InChI=1S/C20H18FN5O/c21-17-5-3-15(4-6-17)18-7-8-19(24-23-18)25-10-12-26(13-11-25)20(27)16-2-1-9-22-14-16/h1-9,14H,10-13H2. The topological polar surface area (TPSA) is 62.2 Å². The number of hydrogen-bond donors (Lipinski definition) is 0. The van der Waals surface area contributed by atoms with E-state index in [2.05, 4.69) is 20.1 Å². The highest BCUT2D eigenvalue weighted by atomic mass is 19.1. The lowest BCUT2D eigenvalue weighted by atomic mass is 10.1. The fraction of sp³-hybridized carbons (Fsp3) is 0.200. The molecule has 0 atom stereocenters. The largest absolute Gasteiger partial charge is 0.352 e.